The standard InChI is InChI=1S/C11H7BrClN3O3S/c12-9-5-8(20(13,18)19)1-2-10(9)16-11(17)7-3-4-14-15-6-7/h1-6H,(H,16,17). The van der Waals surface area contributed by atoms with E-state index in [0.29, 0.717) is 15.7 Å². The maximum atomic E-state index is 11.9. The van der Waals surface area contributed by atoms with Gasteiger partial charge in [0, 0.05) is 15.2 Å². The first kappa shape index (κ1) is 14.9. The van der Waals surface area contributed by atoms with E-state index in [2.05, 4.69) is 31.4 Å². The predicted octanol–water partition coefficient (Wildman–Crippen LogP) is 2.42. The Morgan fingerprint density at radius 2 is 2.00 bits per heavy atom. The molecule has 0 aliphatic carbocycles. The number of carbonyl (C=O) groups is 1. The number of hydrogen-bond donors (Lipinski definition) is 1. The maximum absolute atomic E-state index is 11.9. The molecule has 2 rings (SSSR count). The number of benzene rings is 1. The van der Waals surface area contributed by atoms with Gasteiger partial charge < -0.3 is 5.32 Å². The van der Waals surface area contributed by atoms with E-state index in [4.69, 9.17) is 10.7 Å². The van der Waals surface area contributed by atoms with E-state index < -0.39 is 9.05 Å². The zero-order valence-electron chi connectivity index (χ0n) is 9.75. The molecule has 1 aromatic carbocycles. The summed E-state index contributed by atoms with van der Waals surface area (Å²) in [7, 11) is 1.42. The summed E-state index contributed by atoms with van der Waals surface area (Å²) >= 11 is 3.17. The van der Waals surface area contributed by atoms with Gasteiger partial charge in [-0.15, -0.1) is 0 Å². The minimum Gasteiger partial charge on any atom is -0.321 e. The van der Waals surface area contributed by atoms with Crippen LogP contribution in [0.2, 0.25) is 0 Å². The van der Waals surface area contributed by atoms with Gasteiger partial charge in [0.15, 0.2) is 0 Å². The van der Waals surface area contributed by atoms with Crippen molar-refractivity contribution in [2.24, 2.45) is 0 Å². The molecular formula is C11H7BrClN3O3S. The highest BCUT2D eigenvalue weighted by molar-refractivity contribution is 9.10. The smallest absolute Gasteiger partial charge is 0.261 e. The summed E-state index contributed by atoms with van der Waals surface area (Å²) < 4.78 is 22.8. The van der Waals surface area contributed by atoms with Crippen molar-refractivity contribution in [3.63, 3.8) is 0 Å². The lowest BCUT2D eigenvalue weighted by Crippen LogP contribution is -2.12. The molecule has 1 amide bonds. The number of amides is 1. The lowest BCUT2D eigenvalue weighted by molar-refractivity contribution is 0.102. The average molecular weight is 377 g/mol. The van der Waals surface area contributed by atoms with Crippen molar-refractivity contribution in [1.82, 2.24) is 10.2 Å². The third-order valence-electron chi connectivity index (χ3n) is 2.32. The molecule has 1 aromatic heterocycles. The SMILES string of the molecule is O=C(Nc1ccc(S(=O)(=O)Cl)cc1Br)c1ccnnc1. The normalized spacial score (nSPS) is 11.1. The van der Waals surface area contributed by atoms with Crippen molar-refractivity contribution < 1.29 is 13.2 Å². The Labute approximate surface area is 127 Å². The highest BCUT2D eigenvalue weighted by atomic mass is 79.9. The van der Waals surface area contributed by atoms with Crippen LogP contribution >= 0.6 is 26.6 Å². The Bertz CT molecular complexity index is 753. The molecule has 1 N–H and O–H groups in total. The first-order valence-electron chi connectivity index (χ1n) is 5.20. The molecular weight excluding hydrogens is 370 g/mol. The molecule has 0 saturated carbocycles. The molecule has 1 heterocycles. The summed E-state index contributed by atoms with van der Waals surface area (Å²) in [6.45, 7) is 0. The van der Waals surface area contributed by atoms with Crippen LogP contribution in [0.3, 0.4) is 0 Å². The van der Waals surface area contributed by atoms with Crippen molar-refractivity contribution in [3.05, 3.63) is 46.7 Å². The van der Waals surface area contributed by atoms with Gasteiger partial charge in [0.2, 0.25) is 0 Å². The van der Waals surface area contributed by atoms with Crippen molar-refractivity contribution in [1.29, 1.82) is 0 Å². The number of carbonyl (C=O) groups excluding carboxylic acids is 1. The van der Waals surface area contributed by atoms with Crippen LogP contribution in [0.4, 0.5) is 5.69 Å². The maximum Gasteiger partial charge on any atom is 0.261 e. The Morgan fingerprint density at radius 1 is 1.25 bits per heavy atom. The topological polar surface area (TPSA) is 89.0 Å². The first-order valence-corrected chi connectivity index (χ1v) is 8.30. The molecule has 0 radical (unpaired) electrons. The Morgan fingerprint density at radius 3 is 2.55 bits per heavy atom. The number of nitrogens with zero attached hydrogens (tertiary/aromatic N) is 2. The van der Waals surface area contributed by atoms with Gasteiger partial charge in [-0.3, -0.25) is 4.79 Å². The highest BCUT2D eigenvalue weighted by Gasteiger charge is 2.14. The average Bonchev–Trinajstić information content (AvgIpc) is 2.41. The van der Waals surface area contributed by atoms with Gasteiger partial charge in [0.05, 0.1) is 28.5 Å². The van der Waals surface area contributed by atoms with Crippen molar-refractivity contribution in [2.75, 3.05) is 5.32 Å². The molecule has 0 saturated heterocycles. The Kier molecular flexibility index (Phi) is 4.36. The number of hydrogen-bond acceptors (Lipinski definition) is 5. The molecule has 6 nitrogen and oxygen atoms in total. The van der Waals surface area contributed by atoms with Gasteiger partial charge in [0.1, 0.15) is 0 Å². The minimum atomic E-state index is -3.81. The lowest BCUT2D eigenvalue weighted by atomic mass is 10.2. The molecule has 0 atom stereocenters. The fourth-order valence-corrected chi connectivity index (χ4v) is 2.77. The van der Waals surface area contributed by atoms with E-state index in [1.165, 1.54) is 36.7 Å². The second-order valence-electron chi connectivity index (χ2n) is 3.66. The zero-order valence-corrected chi connectivity index (χ0v) is 12.9. The molecule has 0 aliphatic heterocycles. The number of aromatic nitrogens is 2. The molecule has 20 heavy (non-hydrogen) atoms. The van der Waals surface area contributed by atoms with Crippen molar-refractivity contribution >= 4 is 47.3 Å². The number of nitrogens with one attached hydrogen (secondary N) is 1. The Balaban J connectivity index is 2.25. The monoisotopic (exact) mass is 375 g/mol. The van der Waals surface area contributed by atoms with Crippen molar-refractivity contribution in [2.45, 2.75) is 4.90 Å². The number of halogens is 2. The van der Waals surface area contributed by atoms with Crippen molar-refractivity contribution in [3.8, 4) is 0 Å². The van der Waals surface area contributed by atoms with Gasteiger partial charge in [0.25, 0.3) is 15.0 Å². The molecule has 0 fully saturated rings. The van der Waals surface area contributed by atoms with E-state index in [1.807, 2.05) is 0 Å². The van der Waals surface area contributed by atoms with Crippen LogP contribution in [0.15, 0.2) is 46.0 Å². The number of anilines is 1. The molecule has 2 aromatic rings. The fourth-order valence-electron chi connectivity index (χ4n) is 1.37. The van der Waals surface area contributed by atoms with Crippen LogP contribution < -0.4 is 5.32 Å². The van der Waals surface area contributed by atoms with Gasteiger partial charge in [-0.1, -0.05) is 0 Å². The second kappa shape index (κ2) is 5.86. The minimum absolute atomic E-state index is 0.0605. The molecule has 9 heteroatoms. The van der Waals surface area contributed by atoms with E-state index in [-0.39, 0.29) is 10.8 Å². The summed E-state index contributed by atoms with van der Waals surface area (Å²) in [5.74, 6) is -0.387. The molecule has 0 aliphatic rings. The molecule has 0 unspecified atom stereocenters. The Hall–Kier alpha value is -1.51. The van der Waals surface area contributed by atoms with Crippen LogP contribution in [0.5, 0.6) is 0 Å². The van der Waals surface area contributed by atoms with Gasteiger partial charge in [-0.05, 0) is 40.2 Å². The van der Waals surface area contributed by atoms with Gasteiger partial charge in [-0.25, -0.2) is 8.42 Å². The van der Waals surface area contributed by atoms with Gasteiger partial charge >= 0.3 is 0 Å². The zero-order chi connectivity index (χ0) is 14.8. The summed E-state index contributed by atoms with van der Waals surface area (Å²) in [5, 5.41) is 9.78. The second-order valence-corrected chi connectivity index (χ2v) is 7.09. The van der Waals surface area contributed by atoms with E-state index >= 15 is 0 Å². The van der Waals surface area contributed by atoms with E-state index in [9.17, 15) is 13.2 Å². The summed E-state index contributed by atoms with van der Waals surface area (Å²) in [4.78, 5) is 11.8. The van der Waals surface area contributed by atoms with Crippen LogP contribution in [0.1, 0.15) is 10.4 Å². The molecule has 0 bridgehead atoms. The van der Waals surface area contributed by atoms with Crippen LogP contribution in [0.25, 0.3) is 0 Å². The van der Waals surface area contributed by atoms with E-state index in [1.54, 1.807) is 0 Å². The van der Waals surface area contributed by atoms with Crippen LogP contribution in [-0.4, -0.2) is 24.5 Å². The lowest BCUT2D eigenvalue weighted by Gasteiger charge is -2.08. The number of rotatable bonds is 3. The highest BCUT2D eigenvalue weighted by Crippen LogP contribution is 2.27. The first-order chi connectivity index (χ1) is 9.38. The largest absolute Gasteiger partial charge is 0.321 e. The molecule has 104 valence electrons. The fraction of sp³-hybridized carbons (Fsp3) is 0. The predicted molar refractivity (Wildman–Crippen MR) is 77.2 cm³/mol. The third kappa shape index (κ3) is 3.53. The van der Waals surface area contributed by atoms with Crippen LogP contribution in [-0.2, 0) is 9.05 Å². The summed E-state index contributed by atoms with van der Waals surface area (Å²) in [5.41, 5.74) is 0.747. The van der Waals surface area contributed by atoms with Crippen LogP contribution in [0, 0.1) is 0 Å². The quantitative estimate of drug-likeness (QED) is 0.831. The summed E-state index contributed by atoms with van der Waals surface area (Å²) in [6.07, 6.45) is 2.72. The molecule has 0 spiro atoms. The van der Waals surface area contributed by atoms with E-state index in [0.717, 1.165) is 0 Å². The summed E-state index contributed by atoms with van der Waals surface area (Å²) in [6, 6.07) is 5.55. The van der Waals surface area contributed by atoms with Gasteiger partial charge in [-0.2, -0.15) is 10.2 Å². The third-order valence-corrected chi connectivity index (χ3v) is 4.32.